The number of allylic oxidation sites excluding steroid dienone is 4. The average Bonchev–Trinajstić information content (AvgIpc) is 2.60. The van der Waals surface area contributed by atoms with E-state index in [1.807, 2.05) is 0 Å². The fourth-order valence-electron chi connectivity index (χ4n) is 2.05. The van der Waals surface area contributed by atoms with Crippen molar-refractivity contribution in [3.63, 3.8) is 0 Å². The standard InChI is InChI=1S/C14H15.3ClH.Ti/c1-11-6-5-7-12(2)14(11)10-13-8-3-4-9-13;;;;/h3-9H,10H2,1-2H3;3*1H;/q;;;;+3/p-3. The SMILES string of the molecule is Cc1cccc(C)c1C[C]1([Ti+3])C=CC=C1.[Cl-].[Cl-].[Cl-]. The van der Waals surface area contributed by atoms with Crippen molar-refractivity contribution < 1.29 is 57.7 Å². The first-order valence-corrected chi connectivity index (χ1v) is 6.06. The van der Waals surface area contributed by atoms with E-state index in [9.17, 15) is 0 Å². The van der Waals surface area contributed by atoms with Crippen molar-refractivity contribution in [2.75, 3.05) is 0 Å². The molecule has 1 aliphatic carbocycles. The molecule has 4 heteroatoms. The largest absolute Gasteiger partial charge is 1.00 e. The Bertz CT molecular complexity index is 406. The molecule has 0 unspecified atom stereocenters. The third-order valence-electron chi connectivity index (χ3n) is 3.01. The Hall–Kier alpha value is 0.284. The van der Waals surface area contributed by atoms with E-state index >= 15 is 0 Å². The molecule has 1 aromatic carbocycles. The van der Waals surface area contributed by atoms with Gasteiger partial charge in [0.25, 0.3) is 0 Å². The van der Waals surface area contributed by atoms with Crippen LogP contribution in [0.2, 0.25) is 3.72 Å². The maximum Gasteiger partial charge on any atom is -1.00 e. The summed E-state index contributed by atoms with van der Waals surface area (Å²) in [4.78, 5) is 0. The van der Waals surface area contributed by atoms with E-state index in [1.54, 1.807) is 0 Å². The van der Waals surface area contributed by atoms with Crippen LogP contribution in [0.5, 0.6) is 0 Å². The smallest absolute Gasteiger partial charge is 1.00 e. The Morgan fingerprint density at radius 1 is 0.944 bits per heavy atom. The second-order valence-corrected chi connectivity index (χ2v) is 5.76. The molecule has 96 valence electrons. The summed E-state index contributed by atoms with van der Waals surface area (Å²) in [5, 5.41) is 0. The molecule has 0 bridgehead atoms. The molecule has 0 N–H and O–H groups in total. The van der Waals surface area contributed by atoms with Crippen molar-refractivity contribution >= 4 is 0 Å². The first-order chi connectivity index (χ1) is 7.11. The molecule has 0 radical (unpaired) electrons. The van der Waals surface area contributed by atoms with Crippen LogP contribution in [0.15, 0.2) is 42.5 Å². The summed E-state index contributed by atoms with van der Waals surface area (Å²) in [6.07, 6.45) is 9.98. The van der Waals surface area contributed by atoms with E-state index in [1.165, 1.54) is 16.7 Å². The quantitative estimate of drug-likeness (QED) is 0.473. The van der Waals surface area contributed by atoms with Crippen molar-refractivity contribution in [2.24, 2.45) is 0 Å². The molecular weight excluding hydrogens is 322 g/mol. The van der Waals surface area contributed by atoms with Crippen molar-refractivity contribution in [3.05, 3.63) is 59.2 Å². The Morgan fingerprint density at radius 3 is 1.83 bits per heavy atom. The minimum Gasteiger partial charge on any atom is -1.00 e. The maximum atomic E-state index is 2.29. The summed E-state index contributed by atoms with van der Waals surface area (Å²) in [6.45, 7) is 4.40. The van der Waals surface area contributed by atoms with E-state index in [0.29, 0.717) is 0 Å². The molecule has 0 aliphatic heterocycles. The van der Waals surface area contributed by atoms with Crippen LogP contribution < -0.4 is 37.2 Å². The molecule has 0 aromatic heterocycles. The van der Waals surface area contributed by atoms with Gasteiger partial charge in [-0.3, -0.25) is 0 Å². The van der Waals surface area contributed by atoms with Crippen LogP contribution in [0.3, 0.4) is 0 Å². The Kier molecular flexibility index (Phi) is 9.67. The van der Waals surface area contributed by atoms with Gasteiger partial charge in [0.1, 0.15) is 0 Å². The maximum absolute atomic E-state index is 2.29. The zero-order valence-corrected chi connectivity index (χ0v) is 14.2. The predicted octanol–water partition coefficient (Wildman–Crippen LogP) is -5.31. The summed E-state index contributed by atoms with van der Waals surface area (Å²) in [5.41, 5.74) is 4.31. The first-order valence-electron chi connectivity index (χ1n) is 5.28. The average molecular weight is 338 g/mol. The monoisotopic (exact) mass is 336 g/mol. The van der Waals surface area contributed by atoms with E-state index in [2.05, 4.69) is 76.8 Å². The molecule has 2 rings (SSSR count). The second kappa shape index (κ2) is 8.45. The van der Waals surface area contributed by atoms with Crippen LogP contribution in [-0.4, -0.2) is 0 Å². The van der Waals surface area contributed by atoms with Crippen LogP contribution in [0.25, 0.3) is 0 Å². The minimum atomic E-state index is 0. The summed E-state index contributed by atoms with van der Waals surface area (Å²) in [7, 11) is 0. The van der Waals surface area contributed by atoms with Gasteiger partial charge in [0, 0.05) is 0 Å². The topological polar surface area (TPSA) is 0 Å². The van der Waals surface area contributed by atoms with Crippen LogP contribution >= 0.6 is 0 Å². The van der Waals surface area contributed by atoms with Gasteiger partial charge in [-0.2, -0.15) is 0 Å². The molecular formula is C14H15Cl3Ti. The molecule has 18 heavy (non-hydrogen) atoms. The van der Waals surface area contributed by atoms with Crippen LogP contribution in [-0.2, 0) is 26.9 Å². The number of rotatable bonds is 2. The molecule has 0 saturated heterocycles. The fraction of sp³-hybridized carbons (Fsp3) is 0.286. The molecule has 0 spiro atoms. The number of halogens is 3. The molecule has 1 aromatic rings. The second-order valence-electron chi connectivity index (χ2n) is 4.31. The number of hydrogen-bond donors (Lipinski definition) is 0. The van der Waals surface area contributed by atoms with Crippen LogP contribution in [0.4, 0.5) is 0 Å². The molecule has 0 saturated carbocycles. The van der Waals surface area contributed by atoms with E-state index in [4.69, 9.17) is 0 Å². The van der Waals surface area contributed by atoms with Gasteiger partial charge in [0.05, 0.1) is 0 Å². The predicted molar refractivity (Wildman–Crippen MR) is 60.6 cm³/mol. The zero-order chi connectivity index (χ0) is 10.9. The zero-order valence-electron chi connectivity index (χ0n) is 10.4. The fourth-order valence-corrected chi connectivity index (χ4v) is 2.62. The summed E-state index contributed by atoms with van der Waals surface area (Å²) >= 11 is 2.29. The van der Waals surface area contributed by atoms with Crippen molar-refractivity contribution in [3.8, 4) is 0 Å². The molecule has 0 nitrogen and oxygen atoms in total. The molecule has 0 heterocycles. The molecule has 1 aliphatic rings. The number of hydrogen-bond acceptors (Lipinski definition) is 0. The molecule has 0 atom stereocenters. The van der Waals surface area contributed by atoms with Gasteiger partial charge in [-0.15, -0.1) is 0 Å². The van der Waals surface area contributed by atoms with E-state index in [-0.39, 0.29) is 40.9 Å². The van der Waals surface area contributed by atoms with Gasteiger partial charge in [-0.1, -0.05) is 0 Å². The van der Waals surface area contributed by atoms with Crippen molar-refractivity contribution in [1.29, 1.82) is 0 Å². The number of aryl methyl sites for hydroxylation is 2. The molecule has 0 amide bonds. The Labute approximate surface area is 140 Å². The van der Waals surface area contributed by atoms with Crippen LogP contribution in [0.1, 0.15) is 16.7 Å². The number of benzene rings is 1. The summed E-state index contributed by atoms with van der Waals surface area (Å²) in [5.74, 6) is 0. The Balaban J connectivity index is 0. The molecule has 0 fully saturated rings. The third-order valence-corrected chi connectivity index (χ3v) is 3.81. The third kappa shape index (κ3) is 4.76. The Morgan fingerprint density at radius 2 is 1.39 bits per heavy atom. The van der Waals surface area contributed by atoms with Gasteiger partial charge < -0.3 is 37.2 Å². The van der Waals surface area contributed by atoms with Crippen LogP contribution in [0, 0.1) is 13.8 Å². The minimum absolute atomic E-state index is 0. The van der Waals surface area contributed by atoms with Gasteiger partial charge >= 0.3 is 104 Å². The van der Waals surface area contributed by atoms with E-state index in [0.717, 1.165) is 6.42 Å². The van der Waals surface area contributed by atoms with E-state index < -0.39 is 0 Å². The summed E-state index contributed by atoms with van der Waals surface area (Å²) in [6, 6.07) is 6.54. The van der Waals surface area contributed by atoms with Gasteiger partial charge in [-0.25, -0.2) is 0 Å². The van der Waals surface area contributed by atoms with Gasteiger partial charge in [-0.05, 0) is 0 Å². The normalized spacial score (nSPS) is 14.4. The summed E-state index contributed by atoms with van der Waals surface area (Å²) < 4.78 is 0.219. The van der Waals surface area contributed by atoms with Crippen molar-refractivity contribution in [2.45, 2.75) is 24.0 Å². The van der Waals surface area contributed by atoms with Gasteiger partial charge in [0.2, 0.25) is 0 Å². The van der Waals surface area contributed by atoms with Crippen molar-refractivity contribution in [1.82, 2.24) is 0 Å². The first kappa shape index (κ1) is 20.6. The van der Waals surface area contributed by atoms with Gasteiger partial charge in [0.15, 0.2) is 0 Å².